The summed E-state index contributed by atoms with van der Waals surface area (Å²) in [5.74, 6) is -0.226. The van der Waals surface area contributed by atoms with Crippen molar-refractivity contribution in [3.63, 3.8) is 0 Å². The van der Waals surface area contributed by atoms with E-state index in [2.05, 4.69) is 31.9 Å². The zero-order valence-electron chi connectivity index (χ0n) is 19.9. The smallest absolute Gasteiger partial charge is 0.406 e. The van der Waals surface area contributed by atoms with E-state index in [9.17, 15) is 22.8 Å². The summed E-state index contributed by atoms with van der Waals surface area (Å²) in [6.45, 7) is 5.67. The molecule has 4 rings (SSSR count). The molecule has 1 N–H and O–H groups in total. The molecule has 0 spiro atoms. The van der Waals surface area contributed by atoms with Crippen LogP contribution >= 0.6 is 0 Å². The third-order valence-electron chi connectivity index (χ3n) is 5.96. The molecular formula is C25H26F3N5O3. The van der Waals surface area contributed by atoms with Gasteiger partial charge in [-0.2, -0.15) is 0 Å². The minimum absolute atomic E-state index is 0.0791. The van der Waals surface area contributed by atoms with Crippen LogP contribution in [0.15, 0.2) is 59.5 Å². The maximum absolute atomic E-state index is 13.2. The maximum atomic E-state index is 13.2. The highest BCUT2D eigenvalue weighted by Crippen LogP contribution is 2.24. The van der Waals surface area contributed by atoms with Crippen LogP contribution in [0.4, 0.5) is 24.7 Å². The lowest BCUT2D eigenvalue weighted by Gasteiger charge is -2.33. The number of aromatic nitrogens is 2. The fraction of sp³-hybridized carbons (Fsp3) is 0.320. The van der Waals surface area contributed by atoms with E-state index in [1.54, 1.807) is 19.2 Å². The van der Waals surface area contributed by atoms with Crippen LogP contribution in [0, 0.1) is 6.92 Å². The molecule has 0 aliphatic carbocycles. The van der Waals surface area contributed by atoms with E-state index < -0.39 is 23.6 Å². The number of likely N-dealkylation sites (N-methyl/N-ethyl adjacent to an activating group) is 1. The first kappa shape index (κ1) is 25.2. The van der Waals surface area contributed by atoms with Crippen LogP contribution in [-0.4, -0.2) is 59.9 Å². The fourth-order valence-corrected chi connectivity index (χ4v) is 3.93. The quantitative estimate of drug-likeness (QED) is 0.557. The molecule has 3 aromatic rings. The molecule has 1 aliphatic rings. The minimum Gasteiger partial charge on any atom is -0.406 e. The van der Waals surface area contributed by atoms with Crippen molar-refractivity contribution in [2.45, 2.75) is 19.8 Å². The summed E-state index contributed by atoms with van der Waals surface area (Å²) < 4.78 is 42.4. The fourth-order valence-electron chi connectivity index (χ4n) is 3.93. The average Bonchev–Trinajstić information content (AvgIpc) is 2.83. The molecule has 11 heteroatoms. The van der Waals surface area contributed by atoms with Gasteiger partial charge in [-0.05, 0) is 68.1 Å². The van der Waals surface area contributed by atoms with Gasteiger partial charge in [0.1, 0.15) is 17.1 Å². The number of pyridine rings is 2. The van der Waals surface area contributed by atoms with Crippen LogP contribution in [0.25, 0.3) is 0 Å². The Kier molecular flexibility index (Phi) is 7.30. The first-order chi connectivity index (χ1) is 17.1. The van der Waals surface area contributed by atoms with Crippen LogP contribution < -0.4 is 20.5 Å². The van der Waals surface area contributed by atoms with Gasteiger partial charge in [0.25, 0.3) is 11.5 Å². The highest BCUT2D eigenvalue weighted by atomic mass is 19.4. The van der Waals surface area contributed by atoms with Gasteiger partial charge in [-0.3, -0.25) is 9.59 Å². The van der Waals surface area contributed by atoms with Crippen molar-refractivity contribution in [2.24, 2.45) is 0 Å². The number of piperazine rings is 1. The largest absolute Gasteiger partial charge is 0.573 e. The van der Waals surface area contributed by atoms with Gasteiger partial charge in [0.05, 0.1) is 6.54 Å². The van der Waals surface area contributed by atoms with Gasteiger partial charge in [-0.25, -0.2) is 4.98 Å². The van der Waals surface area contributed by atoms with E-state index in [0.29, 0.717) is 5.69 Å². The Labute approximate surface area is 205 Å². The van der Waals surface area contributed by atoms with Crippen LogP contribution in [0.1, 0.15) is 21.6 Å². The molecule has 0 radical (unpaired) electrons. The molecule has 1 aliphatic heterocycles. The number of amides is 1. The van der Waals surface area contributed by atoms with E-state index in [1.165, 1.54) is 22.8 Å². The molecule has 2 aromatic heterocycles. The molecule has 0 bridgehead atoms. The van der Waals surface area contributed by atoms with Crippen LogP contribution in [0.3, 0.4) is 0 Å². The molecule has 1 aromatic carbocycles. The highest BCUT2D eigenvalue weighted by molar-refractivity contribution is 6.04. The molecule has 190 valence electrons. The standard InChI is InChI=1S/C25H26F3N5O3/c1-17-3-8-21(23(34)30-19-4-6-20(7-5-19)36-25(26,27)28)24(35)33(17)16-18-9-10-29-22(15-18)32-13-11-31(2)12-14-32/h3-10,15H,11-14,16H2,1-2H3,(H,30,34). The topological polar surface area (TPSA) is 79.7 Å². The summed E-state index contributed by atoms with van der Waals surface area (Å²) in [4.78, 5) is 34.9. The summed E-state index contributed by atoms with van der Waals surface area (Å²) in [6.07, 6.45) is -3.09. The molecular weight excluding hydrogens is 475 g/mol. The number of ether oxygens (including phenoxy) is 1. The number of hydrogen-bond donors (Lipinski definition) is 1. The summed E-state index contributed by atoms with van der Waals surface area (Å²) >= 11 is 0. The number of anilines is 2. The Balaban J connectivity index is 1.50. The van der Waals surface area contributed by atoms with Crippen LogP contribution in [0.2, 0.25) is 0 Å². The molecule has 0 unspecified atom stereocenters. The summed E-state index contributed by atoms with van der Waals surface area (Å²) in [7, 11) is 2.08. The lowest BCUT2D eigenvalue weighted by Crippen LogP contribution is -2.44. The lowest BCUT2D eigenvalue weighted by molar-refractivity contribution is -0.274. The van der Waals surface area contributed by atoms with Gasteiger partial charge in [0, 0.05) is 43.8 Å². The van der Waals surface area contributed by atoms with Gasteiger partial charge in [-0.15, -0.1) is 13.2 Å². The Bertz CT molecular complexity index is 1280. The Morgan fingerprint density at radius 1 is 1.06 bits per heavy atom. The SMILES string of the molecule is Cc1ccc(C(=O)Nc2ccc(OC(F)(F)F)cc2)c(=O)n1Cc1ccnc(N2CCN(C)CC2)c1. The molecule has 1 amide bonds. The first-order valence-corrected chi connectivity index (χ1v) is 11.3. The number of nitrogens with one attached hydrogen (secondary N) is 1. The monoisotopic (exact) mass is 501 g/mol. The molecule has 36 heavy (non-hydrogen) atoms. The van der Waals surface area contributed by atoms with Gasteiger partial charge in [-0.1, -0.05) is 0 Å². The Morgan fingerprint density at radius 2 is 1.75 bits per heavy atom. The van der Waals surface area contributed by atoms with Crippen molar-refractivity contribution in [3.8, 4) is 5.75 Å². The van der Waals surface area contributed by atoms with Crippen molar-refractivity contribution in [2.75, 3.05) is 43.4 Å². The number of carbonyl (C=O) groups is 1. The number of nitrogens with zero attached hydrogens (tertiary/aromatic N) is 4. The summed E-state index contributed by atoms with van der Waals surface area (Å²) in [6, 6.07) is 11.6. The Morgan fingerprint density at radius 3 is 2.42 bits per heavy atom. The molecule has 1 saturated heterocycles. The highest BCUT2D eigenvalue weighted by Gasteiger charge is 2.31. The molecule has 0 atom stereocenters. The van der Waals surface area contributed by atoms with Gasteiger partial charge in [0.2, 0.25) is 0 Å². The molecule has 1 fully saturated rings. The maximum Gasteiger partial charge on any atom is 0.573 e. The van der Waals surface area contributed by atoms with Gasteiger partial charge in [0.15, 0.2) is 0 Å². The van der Waals surface area contributed by atoms with Crippen LogP contribution in [-0.2, 0) is 6.54 Å². The number of halogens is 3. The van der Waals surface area contributed by atoms with Crippen molar-refractivity contribution < 1.29 is 22.7 Å². The number of hydrogen-bond acceptors (Lipinski definition) is 6. The zero-order valence-corrected chi connectivity index (χ0v) is 19.9. The molecule has 8 nitrogen and oxygen atoms in total. The summed E-state index contributed by atoms with van der Waals surface area (Å²) in [5, 5.41) is 2.55. The third-order valence-corrected chi connectivity index (χ3v) is 5.96. The second-order valence-corrected chi connectivity index (χ2v) is 8.62. The van der Waals surface area contributed by atoms with E-state index in [-0.39, 0.29) is 17.8 Å². The lowest BCUT2D eigenvalue weighted by atomic mass is 10.2. The number of benzene rings is 1. The number of carbonyl (C=O) groups excluding carboxylic acids is 1. The number of rotatable bonds is 6. The first-order valence-electron chi connectivity index (χ1n) is 11.3. The second kappa shape index (κ2) is 10.4. The zero-order chi connectivity index (χ0) is 25.9. The Hall–Kier alpha value is -3.86. The van der Waals surface area contributed by atoms with E-state index in [0.717, 1.165) is 49.7 Å². The third kappa shape index (κ3) is 6.22. The van der Waals surface area contributed by atoms with Gasteiger partial charge >= 0.3 is 6.36 Å². The minimum atomic E-state index is -4.81. The van der Waals surface area contributed by atoms with Gasteiger partial charge < -0.3 is 24.4 Å². The average molecular weight is 502 g/mol. The second-order valence-electron chi connectivity index (χ2n) is 8.62. The van der Waals surface area contributed by atoms with E-state index in [1.807, 2.05) is 12.1 Å². The van der Waals surface area contributed by atoms with Crippen LogP contribution in [0.5, 0.6) is 5.75 Å². The number of aryl methyl sites for hydroxylation is 1. The van der Waals surface area contributed by atoms with E-state index in [4.69, 9.17) is 0 Å². The van der Waals surface area contributed by atoms with E-state index >= 15 is 0 Å². The summed E-state index contributed by atoms with van der Waals surface area (Å²) in [5.41, 5.74) is 1.24. The van der Waals surface area contributed by atoms with Crippen molar-refractivity contribution in [3.05, 3.63) is 81.9 Å². The molecule has 3 heterocycles. The predicted molar refractivity (Wildman–Crippen MR) is 130 cm³/mol. The molecule has 0 saturated carbocycles. The predicted octanol–water partition coefficient (Wildman–Crippen LogP) is 3.50. The number of alkyl halides is 3. The normalized spacial score (nSPS) is 14.5. The van der Waals surface area contributed by atoms with Crippen molar-refractivity contribution >= 4 is 17.4 Å². The van der Waals surface area contributed by atoms with Crippen molar-refractivity contribution in [1.82, 2.24) is 14.5 Å². The van der Waals surface area contributed by atoms with Crippen molar-refractivity contribution in [1.29, 1.82) is 0 Å².